The number of fused-ring (bicyclic) bond motifs is 1. The molecule has 0 saturated carbocycles. The zero-order chi connectivity index (χ0) is 24.9. The highest BCUT2D eigenvalue weighted by Crippen LogP contribution is 2.30. The molecule has 12 heteroatoms. The first-order valence-corrected chi connectivity index (χ1v) is 11.9. The molecule has 4 aromatic rings. The van der Waals surface area contributed by atoms with Gasteiger partial charge in [0.1, 0.15) is 22.9 Å². The Morgan fingerprint density at radius 3 is 2.67 bits per heavy atom. The summed E-state index contributed by atoms with van der Waals surface area (Å²) >= 11 is 0. The molecular formula is C24H27BN8O3. The molecule has 1 fully saturated rings. The largest absolute Gasteiger partial charge is 0.378 e. The molecule has 0 radical (unpaired) electrons. The van der Waals surface area contributed by atoms with E-state index in [9.17, 15) is 10.2 Å². The molecule has 2 aliphatic rings. The van der Waals surface area contributed by atoms with Crippen LogP contribution in [0.4, 0.5) is 11.6 Å². The van der Waals surface area contributed by atoms with E-state index in [1.165, 1.54) is 7.85 Å². The first-order valence-electron chi connectivity index (χ1n) is 11.9. The average molecular weight is 486 g/mol. The number of ether oxygens (including phenoxy) is 1. The molecule has 0 bridgehead atoms. The molecule has 11 nitrogen and oxygen atoms in total. The number of aliphatic hydroxyl groups is 2. The fourth-order valence-corrected chi connectivity index (χ4v) is 4.53. The van der Waals surface area contributed by atoms with Gasteiger partial charge in [0.15, 0.2) is 19.3 Å². The van der Waals surface area contributed by atoms with Crippen LogP contribution < -0.4 is 15.3 Å². The van der Waals surface area contributed by atoms with Gasteiger partial charge in [-0.2, -0.15) is 14.7 Å². The number of aromatic nitrogens is 5. The predicted octanol–water partition coefficient (Wildman–Crippen LogP) is 0.274. The van der Waals surface area contributed by atoms with Crippen molar-refractivity contribution in [2.45, 2.75) is 11.7 Å². The minimum atomic E-state index is -1.90. The van der Waals surface area contributed by atoms with Crippen molar-refractivity contribution in [3.63, 3.8) is 0 Å². The van der Waals surface area contributed by atoms with E-state index in [0.717, 1.165) is 41.7 Å². The van der Waals surface area contributed by atoms with E-state index in [0.29, 0.717) is 24.4 Å². The fraction of sp³-hybridized carbons (Fsp3) is 0.292. The maximum absolute atomic E-state index is 10.00. The van der Waals surface area contributed by atoms with Gasteiger partial charge in [-0.1, -0.05) is 18.2 Å². The summed E-state index contributed by atoms with van der Waals surface area (Å²) in [6.07, 6.45) is 5.85. The molecule has 184 valence electrons. The number of nitrogens with zero attached hydrogens (tertiary/aromatic N) is 7. The van der Waals surface area contributed by atoms with Crippen LogP contribution in [0.25, 0.3) is 17.0 Å². The number of hydrogen-bond donors (Lipinski definition) is 3. The van der Waals surface area contributed by atoms with Crippen LogP contribution in [0.1, 0.15) is 17.2 Å². The van der Waals surface area contributed by atoms with Crippen LogP contribution in [0.3, 0.4) is 0 Å². The first kappa shape index (κ1) is 22.7. The van der Waals surface area contributed by atoms with Gasteiger partial charge in [-0.05, 0) is 23.8 Å². The lowest BCUT2D eigenvalue weighted by Gasteiger charge is -2.30. The monoisotopic (exact) mass is 486 g/mol. The quantitative estimate of drug-likeness (QED) is 0.270. The minimum absolute atomic E-state index is 0.147. The lowest BCUT2D eigenvalue weighted by atomic mass is 9.86. The Morgan fingerprint density at radius 1 is 1.08 bits per heavy atom. The Hall–Kier alpha value is -3.71. The van der Waals surface area contributed by atoms with Crippen LogP contribution >= 0.6 is 0 Å². The number of morpholine rings is 1. The summed E-state index contributed by atoms with van der Waals surface area (Å²) in [5, 5.41) is 31.2. The van der Waals surface area contributed by atoms with E-state index >= 15 is 0 Å². The number of aryl methyl sites for hydroxylation is 1. The van der Waals surface area contributed by atoms with Crippen LogP contribution in [0.5, 0.6) is 0 Å². The van der Waals surface area contributed by atoms with Crippen molar-refractivity contribution in [3.05, 3.63) is 72.1 Å². The normalized spacial score (nSPS) is 18.5. The lowest BCUT2D eigenvalue weighted by Crippen LogP contribution is -2.38. The van der Waals surface area contributed by atoms with E-state index < -0.39 is 5.69 Å². The summed E-state index contributed by atoms with van der Waals surface area (Å²) in [6.45, 7) is 2.83. The van der Waals surface area contributed by atoms with Crippen molar-refractivity contribution in [1.29, 1.82) is 0 Å². The summed E-state index contributed by atoms with van der Waals surface area (Å²) < 4.78 is 9.19. The predicted molar refractivity (Wildman–Crippen MR) is 137 cm³/mol. The van der Waals surface area contributed by atoms with E-state index in [1.54, 1.807) is 16.8 Å². The van der Waals surface area contributed by atoms with Gasteiger partial charge < -0.3 is 19.8 Å². The summed E-state index contributed by atoms with van der Waals surface area (Å²) in [7, 11) is 3.24. The molecule has 0 aliphatic carbocycles. The van der Waals surface area contributed by atoms with Crippen molar-refractivity contribution in [1.82, 2.24) is 29.8 Å². The summed E-state index contributed by atoms with van der Waals surface area (Å²) in [4.78, 5) is 7.14. The molecule has 3 aromatic heterocycles. The van der Waals surface area contributed by atoms with E-state index in [-0.39, 0.29) is 6.04 Å². The standard InChI is InChI=1S/C24H27BN8O3/c1-30-7-5-19(27-30)20-14-22-26-21(15-23(33(22)29-20)31-9-11-36-12-10-31)32-8-6-18(28-32)16-3-2-4-17(13-16)24(25,34)35/h2-8,13-15,18,28,34-35H,9-12,25H2,1H3. The molecule has 36 heavy (non-hydrogen) atoms. The maximum Gasteiger partial charge on any atom is 0.184 e. The highest BCUT2D eigenvalue weighted by Gasteiger charge is 2.25. The Kier molecular flexibility index (Phi) is 5.53. The molecule has 1 atom stereocenters. The number of benzene rings is 1. The van der Waals surface area contributed by atoms with Crippen molar-refractivity contribution in [2.24, 2.45) is 7.05 Å². The van der Waals surface area contributed by atoms with Crippen molar-refractivity contribution in [2.75, 3.05) is 36.2 Å². The molecule has 1 aromatic carbocycles. The number of rotatable bonds is 5. The Bertz CT molecular complexity index is 1440. The van der Waals surface area contributed by atoms with Crippen LogP contribution in [0.15, 0.2) is 60.9 Å². The number of hydrazine groups is 1. The third kappa shape index (κ3) is 4.24. The van der Waals surface area contributed by atoms with Gasteiger partial charge in [0, 0.05) is 50.2 Å². The summed E-state index contributed by atoms with van der Waals surface area (Å²) in [6, 6.07) is 13.0. The Balaban J connectivity index is 1.35. The van der Waals surface area contributed by atoms with Crippen LogP contribution in [0, 0.1) is 0 Å². The molecule has 0 spiro atoms. The van der Waals surface area contributed by atoms with E-state index in [2.05, 4.69) is 15.4 Å². The van der Waals surface area contributed by atoms with Crippen LogP contribution in [-0.4, -0.2) is 68.7 Å². The number of nitrogens with one attached hydrogen (secondary N) is 1. The second kappa shape index (κ2) is 8.75. The molecule has 1 saturated heterocycles. The zero-order valence-electron chi connectivity index (χ0n) is 20.1. The maximum atomic E-state index is 10.00. The lowest BCUT2D eigenvalue weighted by molar-refractivity contribution is -0.0910. The van der Waals surface area contributed by atoms with Gasteiger partial charge in [0.2, 0.25) is 0 Å². The molecule has 1 unspecified atom stereocenters. The average Bonchev–Trinajstić information content (AvgIpc) is 3.63. The SMILES string of the molecule is BC(O)(O)c1cccc(C2C=CN(c3cc(N4CCOCC4)n4nc(-c5ccn(C)n5)cc4n3)N2)c1. The molecule has 3 N–H and O–H groups in total. The molecular weight excluding hydrogens is 459 g/mol. The third-order valence-electron chi connectivity index (χ3n) is 6.45. The van der Waals surface area contributed by atoms with Crippen molar-refractivity contribution < 1.29 is 14.9 Å². The third-order valence-corrected chi connectivity index (χ3v) is 6.45. The first-order chi connectivity index (χ1) is 17.3. The summed E-state index contributed by atoms with van der Waals surface area (Å²) in [5.74, 6) is 1.65. The highest BCUT2D eigenvalue weighted by molar-refractivity contribution is 6.13. The van der Waals surface area contributed by atoms with Gasteiger partial charge in [0.05, 0.1) is 19.3 Å². The molecule has 5 heterocycles. The molecule has 2 aliphatic heterocycles. The van der Waals surface area contributed by atoms with Crippen LogP contribution in [-0.2, 0) is 17.5 Å². The second-order valence-corrected chi connectivity index (χ2v) is 9.21. The van der Waals surface area contributed by atoms with Gasteiger partial charge in [-0.15, -0.1) is 0 Å². The number of hydrogen-bond acceptors (Lipinski definition) is 9. The highest BCUT2D eigenvalue weighted by atomic mass is 16.5. The Labute approximate surface area is 208 Å². The second-order valence-electron chi connectivity index (χ2n) is 9.21. The van der Waals surface area contributed by atoms with Gasteiger partial charge in [-0.25, -0.2) is 10.4 Å². The zero-order valence-corrected chi connectivity index (χ0v) is 20.1. The Morgan fingerprint density at radius 2 is 1.92 bits per heavy atom. The fourth-order valence-electron chi connectivity index (χ4n) is 4.53. The van der Waals surface area contributed by atoms with Crippen LogP contribution in [0.2, 0.25) is 0 Å². The molecule has 6 rings (SSSR count). The summed E-state index contributed by atoms with van der Waals surface area (Å²) in [5.41, 5.74) is 5.15. The van der Waals surface area contributed by atoms with Gasteiger partial charge in [0.25, 0.3) is 0 Å². The van der Waals surface area contributed by atoms with E-state index in [4.69, 9.17) is 14.8 Å². The van der Waals surface area contributed by atoms with Gasteiger partial charge >= 0.3 is 0 Å². The van der Waals surface area contributed by atoms with Gasteiger partial charge in [-0.3, -0.25) is 9.69 Å². The topological polar surface area (TPSA) is 116 Å². The van der Waals surface area contributed by atoms with E-state index in [1.807, 2.05) is 65.4 Å². The number of anilines is 2. The molecule has 0 amide bonds. The smallest absolute Gasteiger partial charge is 0.184 e. The minimum Gasteiger partial charge on any atom is -0.378 e. The van der Waals surface area contributed by atoms with Crippen molar-refractivity contribution >= 4 is 25.1 Å². The van der Waals surface area contributed by atoms with Crippen molar-refractivity contribution in [3.8, 4) is 11.4 Å².